The van der Waals surface area contributed by atoms with Crippen LogP contribution in [0.3, 0.4) is 0 Å². The van der Waals surface area contributed by atoms with Crippen molar-refractivity contribution >= 4 is 17.6 Å². The zero-order chi connectivity index (χ0) is 23.5. The topological polar surface area (TPSA) is 58.6 Å². The van der Waals surface area contributed by atoms with Crippen molar-refractivity contribution in [2.45, 2.75) is 45.3 Å². The normalized spacial score (nSPS) is 17.4. The number of carbonyl (C=O) groups is 2. The number of ether oxygens (including phenoxy) is 1. The summed E-state index contributed by atoms with van der Waals surface area (Å²) in [6.45, 7) is 7.23. The van der Waals surface area contributed by atoms with Gasteiger partial charge in [0.05, 0.1) is 0 Å². The summed E-state index contributed by atoms with van der Waals surface area (Å²) >= 11 is 0. The molecule has 2 atom stereocenters. The molecule has 2 amide bonds. The molecule has 0 spiro atoms. The molecule has 0 fully saturated rings. The summed E-state index contributed by atoms with van der Waals surface area (Å²) in [6.07, 6.45) is 1.19. The summed E-state index contributed by atoms with van der Waals surface area (Å²) in [5.74, 6) is -1.65. The highest BCUT2D eigenvalue weighted by atomic mass is 19.1. The number of hydrogen-bond donors (Lipinski definition) is 1. The zero-order valence-corrected chi connectivity index (χ0v) is 18.7. The first-order valence-electron chi connectivity index (χ1n) is 10.5. The van der Waals surface area contributed by atoms with E-state index < -0.39 is 29.4 Å². The van der Waals surface area contributed by atoms with Gasteiger partial charge in [0.15, 0.2) is 0 Å². The second-order valence-corrected chi connectivity index (χ2v) is 8.92. The molecule has 0 saturated carbocycles. The third-order valence-electron chi connectivity index (χ3n) is 5.10. The van der Waals surface area contributed by atoms with Crippen molar-refractivity contribution < 1.29 is 23.1 Å². The molecular formula is C25H28F2N2O3. The van der Waals surface area contributed by atoms with Gasteiger partial charge < -0.3 is 15.0 Å². The molecule has 0 aromatic heterocycles. The Hall–Kier alpha value is -3.22. The summed E-state index contributed by atoms with van der Waals surface area (Å²) in [6, 6.07) is 12.0. The first-order chi connectivity index (χ1) is 15.0. The lowest BCUT2D eigenvalue weighted by molar-refractivity contribution is -0.132. The van der Waals surface area contributed by atoms with Crippen LogP contribution in [0.25, 0.3) is 5.57 Å². The Balaban J connectivity index is 1.87. The van der Waals surface area contributed by atoms with Gasteiger partial charge in [-0.15, -0.1) is 0 Å². The smallest absolute Gasteiger partial charge is 0.408 e. The molecule has 1 aliphatic heterocycles. The van der Waals surface area contributed by atoms with Gasteiger partial charge in [0.2, 0.25) is 5.91 Å². The summed E-state index contributed by atoms with van der Waals surface area (Å²) in [7, 11) is 0. The minimum absolute atomic E-state index is 0.100. The Morgan fingerprint density at radius 1 is 1.12 bits per heavy atom. The average Bonchev–Trinajstić information content (AvgIpc) is 2.73. The summed E-state index contributed by atoms with van der Waals surface area (Å²) in [5.41, 5.74) is 0.893. The number of halogens is 2. The van der Waals surface area contributed by atoms with Crippen molar-refractivity contribution in [3.63, 3.8) is 0 Å². The summed E-state index contributed by atoms with van der Waals surface area (Å²) < 4.78 is 33.6. The van der Waals surface area contributed by atoms with Gasteiger partial charge in [-0.05, 0) is 57.0 Å². The first kappa shape index (κ1) is 23.4. The maximum Gasteiger partial charge on any atom is 0.408 e. The lowest BCUT2D eigenvalue weighted by Crippen LogP contribution is -2.50. The molecule has 2 aromatic carbocycles. The van der Waals surface area contributed by atoms with Crippen LogP contribution in [-0.2, 0) is 9.53 Å². The minimum Gasteiger partial charge on any atom is -0.444 e. The summed E-state index contributed by atoms with van der Waals surface area (Å²) in [4.78, 5) is 26.8. The molecule has 2 aromatic rings. The van der Waals surface area contributed by atoms with Crippen LogP contribution in [0.2, 0.25) is 0 Å². The number of rotatable bonds is 4. The number of nitrogens with zero attached hydrogens (tertiary/aromatic N) is 1. The van der Waals surface area contributed by atoms with Crippen molar-refractivity contribution in [1.29, 1.82) is 0 Å². The second kappa shape index (κ2) is 9.51. The number of benzene rings is 2. The third-order valence-corrected chi connectivity index (χ3v) is 5.10. The van der Waals surface area contributed by atoms with Gasteiger partial charge in [0, 0.05) is 24.6 Å². The second-order valence-electron chi connectivity index (χ2n) is 8.92. The van der Waals surface area contributed by atoms with Crippen molar-refractivity contribution in [3.8, 4) is 0 Å². The van der Waals surface area contributed by atoms with Crippen LogP contribution < -0.4 is 5.32 Å². The van der Waals surface area contributed by atoms with E-state index in [-0.39, 0.29) is 23.9 Å². The van der Waals surface area contributed by atoms with Gasteiger partial charge >= 0.3 is 6.09 Å². The fraction of sp³-hybridized carbons (Fsp3) is 0.360. The highest BCUT2D eigenvalue weighted by Gasteiger charge is 2.31. The highest BCUT2D eigenvalue weighted by Crippen LogP contribution is 2.31. The third kappa shape index (κ3) is 5.93. The van der Waals surface area contributed by atoms with Crippen LogP contribution in [0.15, 0.2) is 54.6 Å². The van der Waals surface area contributed by atoms with Crippen LogP contribution in [-0.4, -0.2) is 41.6 Å². The van der Waals surface area contributed by atoms with E-state index in [0.29, 0.717) is 12.1 Å². The van der Waals surface area contributed by atoms with E-state index in [1.165, 1.54) is 0 Å². The molecule has 32 heavy (non-hydrogen) atoms. The highest BCUT2D eigenvalue weighted by molar-refractivity contribution is 5.87. The molecule has 0 aliphatic carbocycles. The van der Waals surface area contributed by atoms with Crippen LogP contribution in [0, 0.1) is 11.6 Å². The number of hydrogen-bond acceptors (Lipinski definition) is 3. The molecule has 5 nitrogen and oxygen atoms in total. The van der Waals surface area contributed by atoms with Gasteiger partial charge in [-0.3, -0.25) is 4.79 Å². The van der Waals surface area contributed by atoms with Gasteiger partial charge in [-0.25, -0.2) is 13.6 Å². The van der Waals surface area contributed by atoms with Crippen LogP contribution in [0.1, 0.15) is 44.7 Å². The lowest BCUT2D eigenvalue weighted by atomic mass is 9.89. The Kier molecular flexibility index (Phi) is 6.96. The molecule has 170 valence electrons. The van der Waals surface area contributed by atoms with Crippen LogP contribution in [0.5, 0.6) is 0 Å². The van der Waals surface area contributed by atoms with Crippen LogP contribution in [0.4, 0.5) is 13.6 Å². The van der Waals surface area contributed by atoms with Crippen molar-refractivity contribution in [3.05, 3.63) is 77.4 Å². The molecule has 7 heteroatoms. The van der Waals surface area contributed by atoms with Crippen molar-refractivity contribution in [2.24, 2.45) is 0 Å². The molecular weight excluding hydrogens is 414 g/mol. The Bertz CT molecular complexity index is 1020. The zero-order valence-electron chi connectivity index (χ0n) is 18.7. The fourth-order valence-corrected chi connectivity index (χ4v) is 3.66. The molecule has 0 radical (unpaired) electrons. The number of nitrogens with one attached hydrogen (secondary N) is 1. The molecule has 1 aliphatic rings. The predicted molar refractivity (Wildman–Crippen MR) is 119 cm³/mol. The number of carbonyl (C=O) groups excluding carboxylic acids is 2. The summed E-state index contributed by atoms with van der Waals surface area (Å²) in [5, 5.41) is 2.56. The molecule has 3 rings (SSSR count). The predicted octanol–water partition coefficient (Wildman–Crippen LogP) is 4.89. The Labute approximate surface area is 187 Å². The quantitative estimate of drug-likeness (QED) is 0.734. The van der Waals surface area contributed by atoms with Gasteiger partial charge in [0.25, 0.3) is 0 Å². The largest absolute Gasteiger partial charge is 0.444 e. The maximum absolute atomic E-state index is 14.5. The number of alkyl carbamates (subject to hydrolysis) is 1. The molecule has 2 unspecified atom stereocenters. The van der Waals surface area contributed by atoms with E-state index >= 15 is 0 Å². The lowest BCUT2D eigenvalue weighted by Gasteiger charge is -2.34. The monoisotopic (exact) mass is 442 g/mol. The fourth-order valence-electron chi connectivity index (χ4n) is 3.66. The van der Waals surface area contributed by atoms with Gasteiger partial charge in [0.1, 0.15) is 23.3 Å². The SMILES string of the molecule is CC(NC(=O)OC(C)(C)C)C(=O)N1CC(c2cc(F)ccc2F)=CC(c2ccccc2)C1. The molecule has 1 heterocycles. The van der Waals surface area contributed by atoms with E-state index in [1.54, 1.807) is 32.6 Å². The standard InChI is InChI=1S/C25H28F2N2O3/c1-16(28-24(31)32-25(2,3)4)23(30)29-14-18(17-8-6-5-7-9-17)12-19(15-29)21-13-20(26)10-11-22(21)27/h5-13,16,18H,14-15H2,1-4H3,(H,28,31). The van der Waals surface area contributed by atoms with Gasteiger partial charge in [-0.1, -0.05) is 36.4 Å². The molecule has 1 N–H and O–H groups in total. The van der Waals surface area contributed by atoms with E-state index in [4.69, 9.17) is 4.74 Å². The van der Waals surface area contributed by atoms with E-state index in [9.17, 15) is 18.4 Å². The minimum atomic E-state index is -0.849. The van der Waals surface area contributed by atoms with Gasteiger partial charge in [-0.2, -0.15) is 0 Å². The van der Waals surface area contributed by atoms with E-state index in [2.05, 4.69) is 5.32 Å². The first-order valence-corrected chi connectivity index (χ1v) is 10.5. The maximum atomic E-state index is 14.5. The molecule has 0 bridgehead atoms. The number of amides is 2. The Morgan fingerprint density at radius 3 is 2.47 bits per heavy atom. The van der Waals surface area contributed by atoms with Crippen LogP contribution >= 0.6 is 0 Å². The molecule has 0 saturated heterocycles. The van der Waals surface area contributed by atoms with Crippen molar-refractivity contribution in [1.82, 2.24) is 10.2 Å². The average molecular weight is 443 g/mol. The van der Waals surface area contributed by atoms with E-state index in [0.717, 1.165) is 23.8 Å². The Morgan fingerprint density at radius 2 is 1.81 bits per heavy atom. The van der Waals surface area contributed by atoms with E-state index in [1.807, 2.05) is 36.4 Å². The van der Waals surface area contributed by atoms with Crippen molar-refractivity contribution in [2.75, 3.05) is 13.1 Å².